The van der Waals surface area contributed by atoms with Gasteiger partial charge in [0.1, 0.15) is 0 Å². The van der Waals surface area contributed by atoms with Gasteiger partial charge in [0.05, 0.1) is 17.6 Å². The van der Waals surface area contributed by atoms with E-state index < -0.39 is 0 Å². The largest absolute Gasteiger partial charge is 0.376 e. The van der Waals surface area contributed by atoms with E-state index in [1.807, 2.05) is 6.20 Å². The second-order valence-electron chi connectivity index (χ2n) is 7.91. The number of nitrogens with zero attached hydrogens (tertiary/aromatic N) is 2. The number of ether oxygens (including phenoxy) is 1. The van der Waals surface area contributed by atoms with Crippen molar-refractivity contribution in [2.75, 3.05) is 26.2 Å². The van der Waals surface area contributed by atoms with Crippen molar-refractivity contribution < 1.29 is 4.74 Å². The molecule has 4 saturated heterocycles. The predicted octanol–water partition coefficient (Wildman–Crippen LogP) is 2.04. The van der Waals surface area contributed by atoms with Crippen molar-refractivity contribution in [1.82, 2.24) is 20.4 Å². The van der Waals surface area contributed by atoms with Gasteiger partial charge in [0.2, 0.25) is 0 Å². The molecule has 0 radical (unpaired) electrons. The van der Waals surface area contributed by atoms with Crippen LogP contribution in [0.2, 0.25) is 0 Å². The van der Waals surface area contributed by atoms with Gasteiger partial charge in [-0.2, -0.15) is 5.10 Å². The summed E-state index contributed by atoms with van der Waals surface area (Å²) in [4.78, 5) is 2.66. The molecule has 7 unspecified atom stereocenters. The van der Waals surface area contributed by atoms with Crippen LogP contribution in [0.3, 0.4) is 0 Å². The highest BCUT2D eigenvalue weighted by molar-refractivity contribution is 8.00. The van der Waals surface area contributed by atoms with Crippen LogP contribution in [0.4, 0.5) is 0 Å². The van der Waals surface area contributed by atoms with Gasteiger partial charge >= 0.3 is 0 Å². The molecule has 2 N–H and O–H groups in total. The Morgan fingerprint density at radius 3 is 3.04 bits per heavy atom. The van der Waals surface area contributed by atoms with E-state index in [1.54, 1.807) is 0 Å². The first-order valence-corrected chi connectivity index (χ1v) is 10.5. The third-order valence-corrected chi connectivity index (χ3v) is 8.43. The molecule has 5 rings (SSSR count). The van der Waals surface area contributed by atoms with Gasteiger partial charge in [-0.1, -0.05) is 0 Å². The molecule has 1 aromatic rings. The van der Waals surface area contributed by atoms with E-state index in [2.05, 4.69) is 45.3 Å². The van der Waals surface area contributed by atoms with Crippen molar-refractivity contribution in [3.8, 4) is 0 Å². The Kier molecular flexibility index (Phi) is 4.12. The number of nitrogens with one attached hydrogen (secondary N) is 2. The lowest BCUT2D eigenvalue weighted by atomic mass is 9.72. The number of hydrogen-bond donors (Lipinski definition) is 2. The molecule has 4 fully saturated rings. The Bertz CT molecular complexity index is 563. The molecular weight excluding hydrogens is 320 g/mol. The number of H-pyrrole nitrogens is 1. The summed E-state index contributed by atoms with van der Waals surface area (Å²) in [6, 6.07) is 1.28. The molecule has 5 heterocycles. The molecule has 0 spiro atoms. The van der Waals surface area contributed by atoms with E-state index >= 15 is 0 Å². The van der Waals surface area contributed by atoms with E-state index in [0.717, 1.165) is 19.1 Å². The first-order chi connectivity index (χ1) is 11.8. The molecule has 132 valence electrons. The maximum Gasteiger partial charge on any atom is 0.0778 e. The van der Waals surface area contributed by atoms with Crippen molar-refractivity contribution in [1.29, 1.82) is 0 Å². The second-order valence-corrected chi connectivity index (χ2v) is 9.30. The summed E-state index contributed by atoms with van der Waals surface area (Å²) in [6.07, 6.45) is 8.30. The van der Waals surface area contributed by atoms with Crippen molar-refractivity contribution in [2.24, 2.45) is 11.8 Å². The van der Waals surface area contributed by atoms with Crippen LogP contribution in [-0.2, 0) is 4.74 Å². The van der Waals surface area contributed by atoms with Crippen LogP contribution < -0.4 is 5.32 Å². The summed E-state index contributed by atoms with van der Waals surface area (Å²) >= 11 is 2.12. The van der Waals surface area contributed by atoms with Gasteiger partial charge in [-0.25, -0.2) is 0 Å². The van der Waals surface area contributed by atoms with Gasteiger partial charge in [0, 0.05) is 48.2 Å². The van der Waals surface area contributed by atoms with Crippen molar-refractivity contribution in [2.45, 2.75) is 54.9 Å². The van der Waals surface area contributed by atoms with E-state index in [1.165, 1.54) is 37.9 Å². The second kappa shape index (κ2) is 6.31. The molecule has 6 heteroatoms. The maximum atomic E-state index is 6.42. The van der Waals surface area contributed by atoms with Crippen LogP contribution in [0.1, 0.15) is 37.0 Å². The summed E-state index contributed by atoms with van der Waals surface area (Å²) in [7, 11) is 0. The molecule has 5 nitrogen and oxygen atoms in total. The third-order valence-electron chi connectivity index (χ3n) is 6.77. The summed E-state index contributed by atoms with van der Waals surface area (Å²) < 4.78 is 6.42. The average Bonchev–Trinajstić information content (AvgIpc) is 3.11. The Morgan fingerprint density at radius 1 is 1.38 bits per heavy atom. The van der Waals surface area contributed by atoms with Gasteiger partial charge in [-0.3, -0.25) is 10.00 Å². The first-order valence-electron chi connectivity index (χ1n) is 9.56. The summed E-state index contributed by atoms with van der Waals surface area (Å²) in [5.74, 6) is 1.43. The molecule has 0 bridgehead atoms. The van der Waals surface area contributed by atoms with Gasteiger partial charge in [0.25, 0.3) is 0 Å². The number of aromatic amines is 1. The number of hydrogen-bond acceptors (Lipinski definition) is 5. The van der Waals surface area contributed by atoms with Crippen LogP contribution in [0, 0.1) is 11.8 Å². The highest BCUT2D eigenvalue weighted by atomic mass is 32.2. The number of thioether (sulfide) groups is 1. The zero-order chi connectivity index (χ0) is 16.1. The SMILES string of the molecule is CC(C1NCC2SC(c3cn[nH]c3)C3OCCCC1C23)N1CCC1. The van der Waals surface area contributed by atoms with Crippen molar-refractivity contribution in [3.05, 3.63) is 18.0 Å². The summed E-state index contributed by atoms with van der Waals surface area (Å²) in [5, 5.41) is 12.2. The molecule has 1 aromatic heterocycles. The molecule has 24 heavy (non-hydrogen) atoms. The molecule has 7 atom stereocenters. The smallest absolute Gasteiger partial charge is 0.0778 e. The van der Waals surface area contributed by atoms with Crippen LogP contribution in [-0.4, -0.2) is 64.8 Å². The predicted molar refractivity (Wildman–Crippen MR) is 96.1 cm³/mol. The molecular formula is C18H28N4OS. The highest BCUT2D eigenvalue weighted by Gasteiger charge is 2.54. The fourth-order valence-electron chi connectivity index (χ4n) is 5.41. The van der Waals surface area contributed by atoms with Gasteiger partial charge in [-0.05, 0) is 45.2 Å². The molecule has 4 aliphatic heterocycles. The molecule has 0 aliphatic carbocycles. The minimum atomic E-state index is 0.360. The van der Waals surface area contributed by atoms with E-state index in [9.17, 15) is 0 Å². The van der Waals surface area contributed by atoms with E-state index in [0.29, 0.717) is 34.6 Å². The third kappa shape index (κ3) is 2.45. The Balaban J connectivity index is 1.43. The maximum absolute atomic E-state index is 6.42. The highest BCUT2D eigenvalue weighted by Crippen LogP contribution is 2.55. The Morgan fingerprint density at radius 2 is 2.29 bits per heavy atom. The number of piperidine rings is 1. The van der Waals surface area contributed by atoms with Gasteiger partial charge in [0.15, 0.2) is 0 Å². The Labute approximate surface area is 148 Å². The van der Waals surface area contributed by atoms with Crippen LogP contribution in [0.15, 0.2) is 12.4 Å². The molecule has 0 saturated carbocycles. The lowest BCUT2D eigenvalue weighted by Gasteiger charge is -2.48. The van der Waals surface area contributed by atoms with Gasteiger partial charge in [-0.15, -0.1) is 11.8 Å². The fraction of sp³-hybridized carbons (Fsp3) is 0.833. The monoisotopic (exact) mass is 348 g/mol. The summed E-state index contributed by atoms with van der Waals surface area (Å²) in [6.45, 7) is 7.06. The lowest BCUT2D eigenvalue weighted by Crippen LogP contribution is -2.62. The zero-order valence-corrected chi connectivity index (χ0v) is 15.2. The fourth-order valence-corrected chi connectivity index (χ4v) is 7.22. The van der Waals surface area contributed by atoms with Crippen LogP contribution in [0.25, 0.3) is 0 Å². The van der Waals surface area contributed by atoms with Crippen molar-refractivity contribution >= 4 is 11.8 Å². The topological polar surface area (TPSA) is 53.2 Å². The average molecular weight is 349 g/mol. The van der Waals surface area contributed by atoms with Crippen LogP contribution in [0.5, 0.6) is 0 Å². The van der Waals surface area contributed by atoms with E-state index in [-0.39, 0.29) is 0 Å². The molecule has 0 amide bonds. The minimum absolute atomic E-state index is 0.360. The number of rotatable bonds is 3. The van der Waals surface area contributed by atoms with Gasteiger partial charge < -0.3 is 10.1 Å². The van der Waals surface area contributed by atoms with E-state index in [4.69, 9.17) is 4.74 Å². The number of aromatic nitrogens is 2. The quantitative estimate of drug-likeness (QED) is 0.876. The lowest BCUT2D eigenvalue weighted by molar-refractivity contribution is -0.00746. The Hall–Kier alpha value is -0.560. The first kappa shape index (κ1) is 15.7. The molecule has 4 aliphatic rings. The standard InChI is InChI=1S/C18H28N4OS/c1-11(22-5-3-6-22)16-13-4-2-7-23-17-15(13)14(10-19-16)24-18(17)12-8-20-21-9-12/h8-9,11,13-19H,2-7,10H2,1H3,(H,20,21). The van der Waals surface area contributed by atoms with Crippen LogP contribution >= 0.6 is 11.8 Å². The number of likely N-dealkylation sites (tertiary alicyclic amines) is 1. The summed E-state index contributed by atoms with van der Waals surface area (Å²) in [5.41, 5.74) is 1.31. The normalized spacial score (nSPS) is 43.7. The van der Waals surface area contributed by atoms with Crippen molar-refractivity contribution in [3.63, 3.8) is 0 Å². The molecule has 0 aromatic carbocycles. The minimum Gasteiger partial charge on any atom is -0.376 e. The zero-order valence-electron chi connectivity index (χ0n) is 14.4.